The second-order valence-electron chi connectivity index (χ2n) is 3.50. The van der Waals surface area contributed by atoms with Crippen LogP contribution in [0.3, 0.4) is 0 Å². The van der Waals surface area contributed by atoms with E-state index in [0.29, 0.717) is 0 Å². The van der Waals surface area contributed by atoms with E-state index in [1.807, 2.05) is 24.3 Å². The number of aliphatic carboxylic acids is 1. The van der Waals surface area contributed by atoms with E-state index in [9.17, 15) is 9.59 Å². The fourth-order valence-corrected chi connectivity index (χ4v) is 1.19. The van der Waals surface area contributed by atoms with Crippen LogP contribution in [0.1, 0.15) is 24.0 Å². The Hall–Kier alpha value is -2.10. The molecule has 1 rings (SSSR count). The number of hydrogen-bond acceptors (Lipinski definition) is 3. The highest BCUT2D eigenvalue weighted by Crippen LogP contribution is 2.07. The molecule has 0 spiro atoms. The normalized spacial score (nSPS) is 9.65. The highest BCUT2D eigenvalue weighted by Gasteiger charge is 2.06. The maximum Gasteiger partial charge on any atom is 0.306 e. The van der Waals surface area contributed by atoms with Gasteiger partial charge in [-0.2, -0.15) is 0 Å². The number of carbonyl (C=O) groups is 2. The SMILES string of the molecule is C=Cc1ccc(COC(=O)CCC(=O)O)cc1. The standard InChI is InChI=1S/C13H14O4/c1-2-10-3-5-11(6-4-10)9-17-13(16)8-7-12(14)15/h2-6H,1,7-9H2,(H,14,15). The predicted octanol–water partition coefficient (Wildman–Crippen LogP) is 2.24. The molecule has 1 aromatic rings. The number of esters is 1. The molecule has 0 saturated carbocycles. The van der Waals surface area contributed by atoms with Crippen LogP contribution in [0.2, 0.25) is 0 Å². The minimum absolute atomic E-state index is 0.0971. The monoisotopic (exact) mass is 234 g/mol. The molecule has 0 aliphatic carbocycles. The average Bonchev–Trinajstić information content (AvgIpc) is 2.34. The zero-order valence-corrected chi connectivity index (χ0v) is 9.39. The van der Waals surface area contributed by atoms with Gasteiger partial charge in [-0.1, -0.05) is 36.9 Å². The summed E-state index contributed by atoms with van der Waals surface area (Å²) >= 11 is 0. The lowest BCUT2D eigenvalue weighted by Gasteiger charge is -2.04. The molecular formula is C13H14O4. The van der Waals surface area contributed by atoms with Crippen LogP contribution < -0.4 is 0 Å². The third kappa shape index (κ3) is 4.97. The van der Waals surface area contributed by atoms with E-state index in [1.165, 1.54) is 0 Å². The van der Waals surface area contributed by atoms with Gasteiger partial charge in [0.2, 0.25) is 0 Å². The number of carboxylic acid groups (broad SMARTS) is 1. The maximum atomic E-state index is 11.1. The molecule has 4 heteroatoms. The third-order valence-corrected chi connectivity index (χ3v) is 2.16. The molecule has 0 atom stereocenters. The van der Waals surface area contributed by atoms with Crippen molar-refractivity contribution >= 4 is 18.0 Å². The van der Waals surface area contributed by atoms with Crippen LogP contribution in [0.4, 0.5) is 0 Å². The van der Waals surface area contributed by atoms with Crippen molar-refractivity contribution in [3.8, 4) is 0 Å². The van der Waals surface area contributed by atoms with Crippen molar-refractivity contribution in [2.24, 2.45) is 0 Å². The summed E-state index contributed by atoms with van der Waals surface area (Å²) in [5.41, 5.74) is 1.85. The zero-order chi connectivity index (χ0) is 12.7. The van der Waals surface area contributed by atoms with Gasteiger partial charge in [-0.15, -0.1) is 0 Å². The summed E-state index contributed by atoms with van der Waals surface area (Å²) in [7, 11) is 0. The van der Waals surface area contributed by atoms with Gasteiger partial charge >= 0.3 is 11.9 Å². The molecule has 0 aromatic heterocycles. The summed E-state index contributed by atoms with van der Waals surface area (Å²) in [6.07, 6.45) is 1.43. The van der Waals surface area contributed by atoms with Crippen LogP contribution in [0.25, 0.3) is 6.08 Å². The van der Waals surface area contributed by atoms with Crippen LogP contribution in [0, 0.1) is 0 Å². The van der Waals surface area contributed by atoms with Crippen LogP contribution in [0.5, 0.6) is 0 Å². The van der Waals surface area contributed by atoms with Gasteiger partial charge < -0.3 is 9.84 Å². The van der Waals surface area contributed by atoms with Crippen molar-refractivity contribution in [1.29, 1.82) is 0 Å². The first kappa shape index (κ1) is 13.0. The summed E-state index contributed by atoms with van der Waals surface area (Å²) in [6, 6.07) is 7.41. The van der Waals surface area contributed by atoms with E-state index in [0.717, 1.165) is 11.1 Å². The molecule has 90 valence electrons. The van der Waals surface area contributed by atoms with Crippen molar-refractivity contribution in [2.75, 3.05) is 0 Å². The van der Waals surface area contributed by atoms with E-state index in [1.54, 1.807) is 6.08 Å². The zero-order valence-electron chi connectivity index (χ0n) is 9.39. The van der Waals surface area contributed by atoms with E-state index < -0.39 is 11.9 Å². The van der Waals surface area contributed by atoms with Gasteiger partial charge in [-0.25, -0.2) is 0 Å². The molecule has 0 heterocycles. The molecule has 0 saturated heterocycles. The summed E-state index contributed by atoms with van der Waals surface area (Å²) in [5, 5.41) is 8.39. The van der Waals surface area contributed by atoms with Gasteiger partial charge in [-0.3, -0.25) is 9.59 Å². The number of benzene rings is 1. The first-order valence-corrected chi connectivity index (χ1v) is 5.20. The Morgan fingerprint density at radius 1 is 1.24 bits per heavy atom. The smallest absolute Gasteiger partial charge is 0.306 e. The molecule has 17 heavy (non-hydrogen) atoms. The molecular weight excluding hydrogens is 220 g/mol. The number of rotatable bonds is 6. The highest BCUT2D eigenvalue weighted by atomic mass is 16.5. The lowest BCUT2D eigenvalue weighted by Crippen LogP contribution is -2.07. The minimum Gasteiger partial charge on any atom is -0.481 e. The van der Waals surface area contributed by atoms with Gasteiger partial charge in [0, 0.05) is 0 Å². The third-order valence-electron chi connectivity index (χ3n) is 2.16. The van der Waals surface area contributed by atoms with Crippen molar-refractivity contribution < 1.29 is 19.4 Å². The molecule has 0 amide bonds. The lowest BCUT2D eigenvalue weighted by molar-refractivity contribution is -0.148. The second-order valence-corrected chi connectivity index (χ2v) is 3.50. The fourth-order valence-electron chi connectivity index (χ4n) is 1.19. The van der Waals surface area contributed by atoms with Gasteiger partial charge in [0.15, 0.2) is 0 Å². The van der Waals surface area contributed by atoms with Crippen molar-refractivity contribution in [2.45, 2.75) is 19.4 Å². The molecule has 1 N–H and O–H groups in total. The number of carbonyl (C=O) groups excluding carboxylic acids is 1. The summed E-state index contributed by atoms with van der Waals surface area (Å²) in [4.78, 5) is 21.4. The Kier molecular flexibility index (Phi) is 4.94. The Morgan fingerprint density at radius 2 is 1.88 bits per heavy atom. The molecule has 4 nitrogen and oxygen atoms in total. The van der Waals surface area contributed by atoms with Crippen LogP contribution in [-0.2, 0) is 20.9 Å². The first-order valence-electron chi connectivity index (χ1n) is 5.20. The Balaban J connectivity index is 2.36. The van der Waals surface area contributed by atoms with Gasteiger partial charge in [0.1, 0.15) is 6.61 Å². The fraction of sp³-hybridized carbons (Fsp3) is 0.231. The molecule has 1 aromatic carbocycles. The first-order chi connectivity index (χ1) is 8.11. The van der Waals surface area contributed by atoms with E-state index in [2.05, 4.69) is 6.58 Å². The van der Waals surface area contributed by atoms with E-state index in [4.69, 9.17) is 9.84 Å². The van der Waals surface area contributed by atoms with E-state index in [-0.39, 0.29) is 19.4 Å². The molecule has 0 aliphatic rings. The van der Waals surface area contributed by atoms with Crippen molar-refractivity contribution in [3.63, 3.8) is 0 Å². The topological polar surface area (TPSA) is 63.6 Å². The number of ether oxygens (including phenoxy) is 1. The predicted molar refractivity (Wildman–Crippen MR) is 63.2 cm³/mol. The van der Waals surface area contributed by atoms with Gasteiger partial charge in [0.05, 0.1) is 12.8 Å². The largest absolute Gasteiger partial charge is 0.481 e. The van der Waals surface area contributed by atoms with Gasteiger partial charge in [0.25, 0.3) is 0 Å². The Morgan fingerprint density at radius 3 is 2.41 bits per heavy atom. The van der Waals surface area contributed by atoms with E-state index >= 15 is 0 Å². The molecule has 0 bridgehead atoms. The quantitative estimate of drug-likeness (QED) is 0.767. The van der Waals surface area contributed by atoms with Crippen LogP contribution >= 0.6 is 0 Å². The summed E-state index contributed by atoms with van der Waals surface area (Å²) in [5.74, 6) is -1.50. The second kappa shape index (κ2) is 6.48. The average molecular weight is 234 g/mol. The maximum absolute atomic E-state index is 11.1. The molecule has 0 unspecified atom stereocenters. The highest BCUT2D eigenvalue weighted by molar-refractivity contribution is 5.76. The Labute approximate surface area is 99.5 Å². The number of carboxylic acids is 1. The lowest BCUT2D eigenvalue weighted by atomic mass is 10.1. The van der Waals surface area contributed by atoms with Crippen molar-refractivity contribution in [3.05, 3.63) is 42.0 Å². The van der Waals surface area contributed by atoms with Crippen molar-refractivity contribution in [1.82, 2.24) is 0 Å². The number of hydrogen-bond donors (Lipinski definition) is 1. The summed E-state index contributed by atoms with van der Waals surface area (Å²) < 4.78 is 4.92. The minimum atomic E-state index is -1.00. The van der Waals surface area contributed by atoms with Crippen LogP contribution in [0.15, 0.2) is 30.8 Å². The molecule has 0 radical (unpaired) electrons. The molecule has 0 aliphatic heterocycles. The van der Waals surface area contributed by atoms with Gasteiger partial charge in [-0.05, 0) is 11.1 Å². The molecule has 0 fully saturated rings. The summed E-state index contributed by atoms with van der Waals surface area (Å²) in [6.45, 7) is 3.80. The Bertz CT molecular complexity index is 406. The van der Waals surface area contributed by atoms with Crippen LogP contribution in [-0.4, -0.2) is 17.0 Å².